The van der Waals surface area contributed by atoms with Crippen molar-refractivity contribution in [1.29, 1.82) is 0 Å². The lowest BCUT2D eigenvalue weighted by Gasteiger charge is -2.38. The summed E-state index contributed by atoms with van der Waals surface area (Å²) >= 11 is 0. The molecule has 1 unspecified atom stereocenters. The lowest BCUT2D eigenvalue weighted by molar-refractivity contribution is -0.118. The molecular weight excluding hydrogens is 352 g/mol. The molecule has 3 aromatic heterocycles. The van der Waals surface area contributed by atoms with Gasteiger partial charge in [-0.2, -0.15) is 4.98 Å². The lowest BCUT2D eigenvalue weighted by atomic mass is 9.73. The second kappa shape index (κ2) is 6.09. The van der Waals surface area contributed by atoms with Gasteiger partial charge in [0.05, 0.1) is 0 Å². The smallest absolute Gasteiger partial charge is 0.226 e. The van der Waals surface area contributed by atoms with Crippen LogP contribution in [0.4, 0.5) is 5.95 Å². The molecule has 4 heterocycles. The zero-order chi connectivity index (χ0) is 19.3. The van der Waals surface area contributed by atoms with E-state index < -0.39 is 0 Å². The Morgan fingerprint density at radius 3 is 2.43 bits per heavy atom. The third-order valence-corrected chi connectivity index (χ3v) is 5.29. The number of nitrogens with zero attached hydrogens (tertiary/aromatic N) is 5. The monoisotopic (exact) mass is 372 g/mol. The van der Waals surface area contributed by atoms with Gasteiger partial charge < -0.3 is 5.32 Å². The van der Waals surface area contributed by atoms with Crippen LogP contribution in [0, 0.1) is 5.41 Å². The molecule has 0 fully saturated rings. The third-order valence-electron chi connectivity index (χ3n) is 5.29. The molecule has 1 N–H and O–H groups in total. The maximum Gasteiger partial charge on any atom is 0.226 e. The van der Waals surface area contributed by atoms with Gasteiger partial charge >= 0.3 is 0 Å². The number of nitrogens with one attached hydrogen (secondary N) is 1. The molecule has 0 spiro atoms. The van der Waals surface area contributed by atoms with Crippen molar-refractivity contribution in [2.75, 3.05) is 5.32 Å². The first-order valence-electron chi connectivity index (χ1n) is 9.32. The number of ketones is 1. The van der Waals surface area contributed by atoms with E-state index in [1.807, 2.05) is 28.9 Å². The molecule has 1 atom stereocenters. The van der Waals surface area contributed by atoms with Crippen molar-refractivity contribution in [3.8, 4) is 11.4 Å². The van der Waals surface area contributed by atoms with E-state index in [0.29, 0.717) is 18.2 Å². The summed E-state index contributed by atoms with van der Waals surface area (Å²) in [6.07, 6.45) is 8.25. The topological polar surface area (TPSA) is 85.6 Å². The number of anilines is 1. The van der Waals surface area contributed by atoms with E-state index in [2.05, 4.69) is 29.1 Å². The highest BCUT2D eigenvalue weighted by atomic mass is 16.1. The molecule has 1 aliphatic heterocycles. The highest BCUT2D eigenvalue weighted by Crippen LogP contribution is 2.45. The van der Waals surface area contributed by atoms with Gasteiger partial charge in [0.15, 0.2) is 11.6 Å². The zero-order valence-electron chi connectivity index (χ0n) is 15.8. The number of rotatable bonds is 2. The normalized spacial score (nSPS) is 20.4. The van der Waals surface area contributed by atoms with E-state index in [1.54, 1.807) is 24.8 Å². The van der Waals surface area contributed by atoms with Crippen LogP contribution in [0.3, 0.4) is 0 Å². The molecule has 0 saturated carbocycles. The van der Waals surface area contributed by atoms with Crippen LogP contribution in [-0.4, -0.2) is 30.5 Å². The second-order valence-corrected chi connectivity index (χ2v) is 8.08. The predicted molar refractivity (Wildman–Crippen MR) is 104 cm³/mol. The Kier molecular flexibility index (Phi) is 3.65. The van der Waals surface area contributed by atoms with E-state index in [9.17, 15) is 4.79 Å². The standard InChI is InChI=1S/C21H20N6O/c1-21(2)11-15-17(16(28)12-21)18(13-3-7-22-8-4-13)27-20(24-15)25-19(26-27)14-5-9-23-10-6-14/h3-10,18H,11-12H2,1-2H3,(H,24,25,26). The molecule has 0 bridgehead atoms. The van der Waals surface area contributed by atoms with Gasteiger partial charge in [0.1, 0.15) is 6.04 Å². The van der Waals surface area contributed by atoms with Crippen LogP contribution in [0.25, 0.3) is 11.4 Å². The SMILES string of the molecule is CC1(C)CC(=O)C2=C(C1)Nc1nc(-c3ccncc3)nn1C2c1ccncc1. The minimum atomic E-state index is -0.305. The largest absolute Gasteiger partial charge is 0.328 e. The third kappa shape index (κ3) is 2.70. The Morgan fingerprint density at radius 1 is 1.04 bits per heavy atom. The number of hydrogen-bond acceptors (Lipinski definition) is 6. The second-order valence-electron chi connectivity index (χ2n) is 8.08. The number of pyridine rings is 2. The molecule has 140 valence electrons. The maximum absolute atomic E-state index is 13.1. The summed E-state index contributed by atoms with van der Waals surface area (Å²) in [5.41, 5.74) is 3.51. The highest BCUT2D eigenvalue weighted by Gasteiger charge is 2.41. The Balaban J connectivity index is 1.69. The summed E-state index contributed by atoms with van der Waals surface area (Å²) < 4.78 is 1.82. The average Bonchev–Trinajstić information content (AvgIpc) is 3.10. The van der Waals surface area contributed by atoms with E-state index >= 15 is 0 Å². The summed E-state index contributed by atoms with van der Waals surface area (Å²) in [7, 11) is 0. The van der Waals surface area contributed by atoms with Crippen molar-refractivity contribution in [3.05, 3.63) is 65.9 Å². The van der Waals surface area contributed by atoms with Crippen LogP contribution in [0.2, 0.25) is 0 Å². The van der Waals surface area contributed by atoms with Crippen LogP contribution in [0.1, 0.15) is 38.3 Å². The van der Waals surface area contributed by atoms with E-state index in [-0.39, 0.29) is 17.2 Å². The van der Waals surface area contributed by atoms with Gasteiger partial charge in [0.25, 0.3) is 0 Å². The first kappa shape index (κ1) is 16.8. The molecular formula is C21H20N6O. The zero-order valence-corrected chi connectivity index (χ0v) is 15.8. The summed E-state index contributed by atoms with van der Waals surface area (Å²) in [5.74, 6) is 1.42. The van der Waals surface area contributed by atoms with Crippen molar-refractivity contribution in [1.82, 2.24) is 24.7 Å². The molecule has 0 aromatic carbocycles. The Labute approximate surface area is 162 Å². The minimum absolute atomic E-state index is 0.0815. The summed E-state index contributed by atoms with van der Waals surface area (Å²) in [6.45, 7) is 4.25. The molecule has 28 heavy (non-hydrogen) atoms. The van der Waals surface area contributed by atoms with Crippen LogP contribution >= 0.6 is 0 Å². The molecule has 2 aliphatic rings. The number of hydrogen-bond donors (Lipinski definition) is 1. The van der Waals surface area contributed by atoms with Crippen LogP contribution in [0.5, 0.6) is 0 Å². The fourth-order valence-electron chi connectivity index (χ4n) is 4.09. The Hall–Kier alpha value is -3.35. The van der Waals surface area contributed by atoms with Crippen molar-refractivity contribution in [2.24, 2.45) is 5.41 Å². The molecule has 7 nitrogen and oxygen atoms in total. The number of fused-ring (bicyclic) bond motifs is 1. The van der Waals surface area contributed by atoms with Crippen molar-refractivity contribution >= 4 is 11.7 Å². The van der Waals surface area contributed by atoms with Crippen molar-refractivity contribution < 1.29 is 4.79 Å². The molecule has 0 radical (unpaired) electrons. The predicted octanol–water partition coefficient (Wildman–Crippen LogP) is 3.39. The van der Waals surface area contributed by atoms with Gasteiger partial charge in [-0.15, -0.1) is 5.10 Å². The molecule has 3 aromatic rings. The lowest BCUT2D eigenvalue weighted by Crippen LogP contribution is -2.36. The van der Waals surface area contributed by atoms with E-state index in [1.165, 1.54) is 0 Å². The Morgan fingerprint density at radius 2 is 1.71 bits per heavy atom. The number of carbonyl (C=O) groups is 1. The van der Waals surface area contributed by atoms with Gasteiger partial charge in [-0.3, -0.25) is 14.8 Å². The molecule has 5 rings (SSSR count). The molecule has 0 amide bonds. The number of aromatic nitrogens is 5. The van der Waals surface area contributed by atoms with Gasteiger partial charge in [-0.25, -0.2) is 4.68 Å². The molecule has 1 aliphatic carbocycles. The number of Topliss-reactive ketones (excluding diaryl/α,β-unsaturated/α-hetero) is 1. The maximum atomic E-state index is 13.1. The van der Waals surface area contributed by atoms with Crippen LogP contribution in [0.15, 0.2) is 60.3 Å². The summed E-state index contributed by atoms with van der Waals surface area (Å²) in [6, 6.07) is 7.33. The van der Waals surface area contributed by atoms with E-state index in [4.69, 9.17) is 10.1 Å². The molecule has 7 heteroatoms. The minimum Gasteiger partial charge on any atom is -0.328 e. The number of allylic oxidation sites excluding steroid dienone is 2. The van der Waals surface area contributed by atoms with Crippen LogP contribution < -0.4 is 5.32 Å². The van der Waals surface area contributed by atoms with Gasteiger partial charge in [-0.05, 0) is 41.7 Å². The molecule has 0 saturated heterocycles. The summed E-state index contributed by atoms with van der Waals surface area (Å²) in [5, 5.41) is 8.14. The van der Waals surface area contributed by atoms with E-state index in [0.717, 1.165) is 28.8 Å². The van der Waals surface area contributed by atoms with Gasteiger partial charge in [0.2, 0.25) is 5.95 Å². The summed E-state index contributed by atoms with van der Waals surface area (Å²) in [4.78, 5) is 26.0. The highest BCUT2D eigenvalue weighted by molar-refractivity contribution is 6.00. The van der Waals surface area contributed by atoms with Crippen molar-refractivity contribution in [2.45, 2.75) is 32.7 Å². The Bertz CT molecular complexity index is 1080. The fraction of sp³-hybridized carbons (Fsp3) is 0.286. The quantitative estimate of drug-likeness (QED) is 0.742. The van der Waals surface area contributed by atoms with Gasteiger partial charge in [0, 0.05) is 48.0 Å². The van der Waals surface area contributed by atoms with Crippen LogP contribution in [-0.2, 0) is 4.79 Å². The van der Waals surface area contributed by atoms with Gasteiger partial charge in [-0.1, -0.05) is 13.8 Å². The number of carbonyl (C=O) groups excluding carboxylic acids is 1. The first-order valence-corrected chi connectivity index (χ1v) is 9.32. The first-order chi connectivity index (χ1) is 13.5. The average molecular weight is 372 g/mol. The fourth-order valence-corrected chi connectivity index (χ4v) is 4.09. The van der Waals surface area contributed by atoms with Crippen molar-refractivity contribution in [3.63, 3.8) is 0 Å².